The summed E-state index contributed by atoms with van der Waals surface area (Å²) in [7, 11) is -3.71. The molecule has 0 saturated carbocycles. The van der Waals surface area contributed by atoms with E-state index in [1.165, 1.54) is 30.3 Å². The van der Waals surface area contributed by atoms with E-state index in [1.54, 1.807) is 0 Å². The number of carboxylic acid groups (broad SMARTS) is 1. The molecule has 0 bridgehead atoms. The molecule has 0 heterocycles. The zero-order valence-corrected chi connectivity index (χ0v) is 23.9. The Bertz CT molecular complexity index is 1460. The first-order chi connectivity index (χ1) is 19.1. The maximum atomic E-state index is 14.9. The van der Waals surface area contributed by atoms with Crippen molar-refractivity contribution in [3.63, 3.8) is 0 Å². The molecule has 3 aromatic rings. The molecular formula is C30H33F4NO5S. The smallest absolute Gasteiger partial charge is 0.419 e. The van der Waals surface area contributed by atoms with E-state index in [1.807, 2.05) is 49.1 Å². The van der Waals surface area contributed by atoms with Gasteiger partial charge in [0.25, 0.3) is 0 Å². The molecule has 0 aromatic heterocycles. The van der Waals surface area contributed by atoms with Crippen molar-refractivity contribution in [3.05, 3.63) is 94.8 Å². The van der Waals surface area contributed by atoms with Gasteiger partial charge in [-0.2, -0.15) is 13.2 Å². The predicted molar refractivity (Wildman–Crippen MR) is 147 cm³/mol. The summed E-state index contributed by atoms with van der Waals surface area (Å²) in [6, 6.07) is 17.0. The van der Waals surface area contributed by atoms with Gasteiger partial charge in [0.15, 0.2) is 9.84 Å². The van der Waals surface area contributed by atoms with E-state index in [2.05, 4.69) is 0 Å². The van der Waals surface area contributed by atoms with Crippen molar-refractivity contribution in [2.75, 3.05) is 26.0 Å². The van der Waals surface area contributed by atoms with Crippen LogP contribution in [-0.4, -0.2) is 50.3 Å². The number of aliphatic carboxylic acids is 1. The summed E-state index contributed by atoms with van der Waals surface area (Å²) < 4.78 is 85.0. The zero-order valence-electron chi connectivity index (χ0n) is 23.0. The quantitative estimate of drug-likeness (QED) is 0.189. The highest BCUT2D eigenvalue weighted by atomic mass is 32.2. The van der Waals surface area contributed by atoms with Gasteiger partial charge in [-0.1, -0.05) is 62.4 Å². The zero-order chi connectivity index (χ0) is 30.4. The Kier molecular flexibility index (Phi) is 10.2. The van der Waals surface area contributed by atoms with Crippen molar-refractivity contribution < 1.29 is 40.6 Å². The predicted octanol–water partition coefficient (Wildman–Crippen LogP) is 6.12. The van der Waals surface area contributed by atoms with Crippen LogP contribution in [0.1, 0.15) is 42.5 Å². The summed E-state index contributed by atoms with van der Waals surface area (Å²) in [6.07, 6.45) is -3.89. The second-order valence-corrected chi connectivity index (χ2v) is 12.5. The van der Waals surface area contributed by atoms with Crippen molar-refractivity contribution in [2.45, 2.75) is 49.7 Å². The third-order valence-corrected chi connectivity index (χ3v) is 7.80. The van der Waals surface area contributed by atoms with Gasteiger partial charge in [0, 0.05) is 36.9 Å². The number of hydrogen-bond donors (Lipinski definition) is 1. The number of nitrogens with zero attached hydrogens (tertiary/aromatic N) is 1. The molecule has 1 N–H and O–H groups in total. The number of rotatable bonds is 13. The molecule has 0 aliphatic heterocycles. The van der Waals surface area contributed by atoms with Crippen LogP contribution in [0.4, 0.5) is 17.6 Å². The normalized spacial score (nSPS) is 12.5. The Hall–Kier alpha value is -3.44. The second kappa shape index (κ2) is 13.0. The Labute approximate surface area is 237 Å². The van der Waals surface area contributed by atoms with Crippen molar-refractivity contribution in [1.82, 2.24) is 4.90 Å². The summed E-state index contributed by atoms with van der Waals surface area (Å²) >= 11 is 0. The van der Waals surface area contributed by atoms with Gasteiger partial charge in [0.2, 0.25) is 0 Å². The number of carboxylic acids is 1. The number of halogens is 4. The Morgan fingerprint density at radius 3 is 2.27 bits per heavy atom. The maximum Gasteiger partial charge on any atom is 0.419 e. The standard InChI is InChI=1S/C30H33F4NO5S/c1-29(2,23-10-5-4-6-11-23)20-35(19-22-9-7-12-25(28(22)31)30(32,33)34)15-8-16-40-24-14-13-21(17-27(36)37)26(18-24)41(3,38)39/h4-7,9-14,18H,8,15-17,19-20H2,1-3H3,(H,36,37). The first-order valence-electron chi connectivity index (χ1n) is 12.9. The monoisotopic (exact) mass is 595 g/mol. The minimum Gasteiger partial charge on any atom is -0.494 e. The van der Waals surface area contributed by atoms with Gasteiger partial charge < -0.3 is 9.84 Å². The van der Waals surface area contributed by atoms with Crippen LogP contribution in [0.2, 0.25) is 0 Å². The fourth-order valence-corrected chi connectivity index (χ4v) is 5.62. The number of carbonyl (C=O) groups is 1. The van der Waals surface area contributed by atoms with Crippen LogP contribution in [0, 0.1) is 5.82 Å². The van der Waals surface area contributed by atoms with E-state index in [0.29, 0.717) is 19.5 Å². The van der Waals surface area contributed by atoms with Gasteiger partial charge in [0.1, 0.15) is 11.6 Å². The summed E-state index contributed by atoms with van der Waals surface area (Å²) in [5.74, 6) is -2.23. The molecule has 0 fully saturated rings. The van der Waals surface area contributed by atoms with Crippen LogP contribution in [0.3, 0.4) is 0 Å². The topological polar surface area (TPSA) is 83.9 Å². The molecule has 0 amide bonds. The van der Waals surface area contributed by atoms with E-state index < -0.39 is 45.2 Å². The summed E-state index contributed by atoms with van der Waals surface area (Å²) in [5, 5.41) is 9.07. The van der Waals surface area contributed by atoms with Crippen LogP contribution in [0.25, 0.3) is 0 Å². The first kappa shape index (κ1) is 32.1. The van der Waals surface area contributed by atoms with Crippen LogP contribution in [0.5, 0.6) is 5.75 Å². The largest absolute Gasteiger partial charge is 0.494 e. The van der Waals surface area contributed by atoms with E-state index in [4.69, 9.17) is 9.84 Å². The van der Waals surface area contributed by atoms with Gasteiger partial charge in [-0.25, -0.2) is 12.8 Å². The molecule has 0 saturated heterocycles. The maximum absolute atomic E-state index is 14.9. The lowest BCUT2D eigenvalue weighted by Gasteiger charge is -2.33. The molecule has 0 spiro atoms. The Morgan fingerprint density at radius 2 is 1.66 bits per heavy atom. The minimum atomic E-state index is -4.81. The molecule has 3 rings (SSSR count). The molecule has 0 aliphatic carbocycles. The average Bonchev–Trinajstić information content (AvgIpc) is 2.87. The molecule has 11 heteroatoms. The fourth-order valence-electron chi connectivity index (χ4n) is 4.67. The van der Waals surface area contributed by atoms with Crippen molar-refractivity contribution in [3.8, 4) is 5.75 Å². The lowest BCUT2D eigenvalue weighted by molar-refractivity contribution is -0.140. The second-order valence-electron chi connectivity index (χ2n) is 10.6. The number of sulfone groups is 1. The van der Waals surface area contributed by atoms with Gasteiger partial charge >= 0.3 is 12.1 Å². The lowest BCUT2D eigenvalue weighted by Crippen LogP contribution is -2.38. The number of ether oxygens (including phenoxy) is 1. The van der Waals surface area contributed by atoms with Crippen LogP contribution >= 0.6 is 0 Å². The van der Waals surface area contributed by atoms with Crippen molar-refractivity contribution in [1.29, 1.82) is 0 Å². The Morgan fingerprint density at radius 1 is 0.976 bits per heavy atom. The number of alkyl halides is 3. The number of hydrogen-bond acceptors (Lipinski definition) is 5. The average molecular weight is 596 g/mol. The highest BCUT2D eigenvalue weighted by Crippen LogP contribution is 2.33. The Balaban J connectivity index is 1.77. The SMILES string of the molecule is CC(C)(CN(CCCOc1ccc(CC(=O)O)c(S(C)(=O)=O)c1)Cc1cccc(C(F)(F)F)c1F)c1ccccc1. The minimum absolute atomic E-state index is 0.0614. The van der Waals surface area contributed by atoms with E-state index in [0.717, 1.165) is 17.9 Å². The van der Waals surface area contributed by atoms with Crippen molar-refractivity contribution in [2.24, 2.45) is 0 Å². The molecule has 6 nitrogen and oxygen atoms in total. The van der Waals surface area contributed by atoms with Crippen LogP contribution in [-0.2, 0) is 39.2 Å². The molecule has 0 unspecified atom stereocenters. The molecule has 0 aliphatic rings. The van der Waals surface area contributed by atoms with Crippen LogP contribution < -0.4 is 4.74 Å². The van der Waals surface area contributed by atoms with Gasteiger partial charge in [-0.15, -0.1) is 0 Å². The fraction of sp³-hybridized carbons (Fsp3) is 0.367. The molecule has 0 atom stereocenters. The van der Waals surface area contributed by atoms with Gasteiger partial charge in [0.05, 0.1) is 23.5 Å². The van der Waals surface area contributed by atoms with Crippen molar-refractivity contribution >= 4 is 15.8 Å². The third-order valence-electron chi connectivity index (χ3n) is 6.62. The lowest BCUT2D eigenvalue weighted by atomic mass is 9.84. The highest BCUT2D eigenvalue weighted by Gasteiger charge is 2.35. The van der Waals surface area contributed by atoms with Crippen LogP contribution in [0.15, 0.2) is 71.6 Å². The summed E-state index contributed by atoms with van der Waals surface area (Å²) in [6.45, 7) is 4.83. The van der Waals surface area contributed by atoms with E-state index in [9.17, 15) is 30.8 Å². The number of benzene rings is 3. The van der Waals surface area contributed by atoms with Gasteiger partial charge in [-0.05, 0) is 35.7 Å². The molecule has 222 valence electrons. The summed E-state index contributed by atoms with van der Waals surface area (Å²) in [4.78, 5) is 12.8. The molecule has 3 aromatic carbocycles. The third kappa shape index (κ3) is 9.02. The summed E-state index contributed by atoms with van der Waals surface area (Å²) in [5.41, 5.74) is -0.639. The first-order valence-corrected chi connectivity index (χ1v) is 14.8. The molecule has 41 heavy (non-hydrogen) atoms. The van der Waals surface area contributed by atoms with Gasteiger partial charge in [-0.3, -0.25) is 9.69 Å². The molecular weight excluding hydrogens is 562 g/mol. The van der Waals surface area contributed by atoms with E-state index >= 15 is 0 Å². The highest BCUT2D eigenvalue weighted by molar-refractivity contribution is 7.90. The van der Waals surface area contributed by atoms with E-state index in [-0.39, 0.29) is 34.9 Å². The molecule has 0 radical (unpaired) electrons.